The molecule has 66 valence electrons. The Bertz CT molecular complexity index is 92.7. The van der Waals surface area contributed by atoms with Gasteiger partial charge in [-0.05, 0) is 12.5 Å². The number of carbonyl (C=O) groups excluding carboxylic acids is 1. The van der Waals surface area contributed by atoms with Crippen molar-refractivity contribution in [3.05, 3.63) is 0 Å². The maximum absolute atomic E-state index is 9.87. The standard InChI is InChI=1S/C6H14O2S2Si/c7-6-10-4-1-5-11-8-2-3-9/h6,9H,1-5,11H2. The lowest BCUT2D eigenvalue weighted by Crippen LogP contribution is -2.01. The first-order valence-corrected chi connectivity index (χ1v) is 6.91. The summed E-state index contributed by atoms with van der Waals surface area (Å²) in [5, 5.41) is 0. The number of thioether (sulfide) groups is 1. The summed E-state index contributed by atoms with van der Waals surface area (Å²) in [4.78, 5) is 9.87. The molecule has 0 aliphatic carbocycles. The molecule has 0 aromatic heterocycles. The van der Waals surface area contributed by atoms with Crippen LogP contribution in [0.15, 0.2) is 0 Å². The molecular weight excluding hydrogens is 196 g/mol. The van der Waals surface area contributed by atoms with Crippen LogP contribution in [0.1, 0.15) is 6.42 Å². The molecule has 0 fully saturated rings. The fraction of sp³-hybridized carbons (Fsp3) is 0.833. The second kappa shape index (κ2) is 10.5. The molecule has 0 aromatic rings. The van der Waals surface area contributed by atoms with Crippen molar-refractivity contribution in [2.24, 2.45) is 0 Å². The van der Waals surface area contributed by atoms with E-state index in [1.54, 1.807) is 0 Å². The molecule has 0 bridgehead atoms. The largest absolute Gasteiger partial charge is 0.423 e. The fourth-order valence-electron chi connectivity index (χ4n) is 0.604. The molecule has 0 atom stereocenters. The van der Waals surface area contributed by atoms with Gasteiger partial charge in [-0.2, -0.15) is 12.6 Å². The maximum atomic E-state index is 9.87. The Morgan fingerprint density at radius 1 is 1.64 bits per heavy atom. The predicted octanol–water partition coefficient (Wildman–Crippen LogP) is 0.748. The molecule has 0 saturated heterocycles. The van der Waals surface area contributed by atoms with Crippen LogP contribution in [0, 0.1) is 0 Å². The molecule has 0 spiro atoms. The van der Waals surface area contributed by atoms with Gasteiger partial charge in [0.1, 0.15) is 0 Å². The number of thiol groups is 1. The minimum atomic E-state index is -0.306. The average molecular weight is 210 g/mol. The first-order valence-electron chi connectivity index (χ1n) is 3.65. The Kier molecular flexibility index (Phi) is 11.1. The Morgan fingerprint density at radius 3 is 3.09 bits per heavy atom. The van der Waals surface area contributed by atoms with Gasteiger partial charge in [0, 0.05) is 18.1 Å². The molecule has 0 aromatic carbocycles. The van der Waals surface area contributed by atoms with E-state index in [0.29, 0.717) is 0 Å². The highest BCUT2D eigenvalue weighted by Crippen LogP contribution is 1.99. The Hall–Kier alpha value is 0.547. The van der Waals surface area contributed by atoms with Gasteiger partial charge in [-0.25, -0.2) is 0 Å². The van der Waals surface area contributed by atoms with Crippen LogP contribution in [0.25, 0.3) is 0 Å². The van der Waals surface area contributed by atoms with Gasteiger partial charge < -0.3 is 4.43 Å². The van der Waals surface area contributed by atoms with E-state index in [4.69, 9.17) is 4.43 Å². The van der Waals surface area contributed by atoms with Crippen molar-refractivity contribution in [2.75, 3.05) is 18.1 Å². The molecule has 0 aliphatic rings. The van der Waals surface area contributed by atoms with Crippen LogP contribution >= 0.6 is 24.4 Å². The molecular formula is C6H14O2S2Si. The van der Waals surface area contributed by atoms with Crippen LogP contribution < -0.4 is 0 Å². The van der Waals surface area contributed by atoms with Crippen LogP contribution in [0.3, 0.4) is 0 Å². The Balaban J connectivity index is 2.74. The molecule has 0 radical (unpaired) electrons. The van der Waals surface area contributed by atoms with E-state index >= 15 is 0 Å². The van der Waals surface area contributed by atoms with Crippen molar-refractivity contribution in [2.45, 2.75) is 12.5 Å². The number of rotatable bonds is 8. The van der Waals surface area contributed by atoms with E-state index < -0.39 is 0 Å². The van der Waals surface area contributed by atoms with E-state index in [2.05, 4.69) is 12.6 Å². The molecule has 0 heterocycles. The van der Waals surface area contributed by atoms with Gasteiger partial charge in [-0.15, -0.1) is 0 Å². The first kappa shape index (κ1) is 11.5. The summed E-state index contributed by atoms with van der Waals surface area (Å²) in [7, 11) is -0.306. The number of hydrogen-bond donors (Lipinski definition) is 1. The molecule has 0 rings (SSSR count). The zero-order chi connectivity index (χ0) is 8.36. The summed E-state index contributed by atoms with van der Waals surface area (Å²) in [5.74, 6) is 1.76. The third kappa shape index (κ3) is 10.5. The summed E-state index contributed by atoms with van der Waals surface area (Å²) < 4.78 is 5.33. The topological polar surface area (TPSA) is 26.3 Å². The highest BCUT2D eigenvalue weighted by atomic mass is 32.2. The number of carbonyl (C=O) groups is 1. The SMILES string of the molecule is O=CSCCC[SiH2]OCCS. The van der Waals surface area contributed by atoms with Gasteiger partial charge in [-0.3, -0.25) is 4.79 Å². The summed E-state index contributed by atoms with van der Waals surface area (Å²) in [6.07, 6.45) is 1.11. The first-order chi connectivity index (χ1) is 5.41. The van der Waals surface area contributed by atoms with Crippen LogP contribution in [0.4, 0.5) is 0 Å². The fourth-order valence-corrected chi connectivity index (χ4v) is 2.81. The van der Waals surface area contributed by atoms with Crippen molar-refractivity contribution < 1.29 is 9.22 Å². The second-order valence-corrected chi connectivity index (χ2v) is 4.91. The maximum Gasteiger partial charge on any atom is 0.176 e. The lowest BCUT2D eigenvalue weighted by molar-refractivity contribution is 0.364. The molecule has 0 saturated carbocycles. The van der Waals surface area contributed by atoms with Crippen molar-refractivity contribution in [3.63, 3.8) is 0 Å². The summed E-state index contributed by atoms with van der Waals surface area (Å²) in [5.41, 5.74) is 0.899. The third-order valence-electron chi connectivity index (χ3n) is 1.10. The van der Waals surface area contributed by atoms with Gasteiger partial charge in [0.15, 0.2) is 15.4 Å². The van der Waals surface area contributed by atoms with Crippen LogP contribution in [-0.4, -0.2) is 33.5 Å². The molecule has 0 amide bonds. The highest BCUT2D eigenvalue weighted by Gasteiger charge is 1.90. The zero-order valence-electron chi connectivity index (χ0n) is 6.49. The smallest absolute Gasteiger partial charge is 0.176 e. The second-order valence-electron chi connectivity index (χ2n) is 2.01. The van der Waals surface area contributed by atoms with Crippen LogP contribution in [0.2, 0.25) is 6.04 Å². The van der Waals surface area contributed by atoms with Crippen molar-refractivity contribution in [1.82, 2.24) is 0 Å². The van der Waals surface area contributed by atoms with E-state index in [1.165, 1.54) is 17.8 Å². The highest BCUT2D eigenvalue weighted by molar-refractivity contribution is 8.11. The van der Waals surface area contributed by atoms with Crippen molar-refractivity contribution >= 4 is 39.8 Å². The van der Waals surface area contributed by atoms with Crippen LogP contribution in [-0.2, 0) is 9.22 Å². The summed E-state index contributed by atoms with van der Waals surface area (Å²) in [6.45, 7) is 0.788. The molecule has 0 unspecified atom stereocenters. The molecule has 2 nitrogen and oxygen atoms in total. The molecule has 11 heavy (non-hydrogen) atoms. The molecule has 5 heteroatoms. The lowest BCUT2D eigenvalue weighted by Gasteiger charge is -1.99. The minimum Gasteiger partial charge on any atom is -0.423 e. The van der Waals surface area contributed by atoms with E-state index in [-0.39, 0.29) is 9.76 Å². The lowest BCUT2D eigenvalue weighted by atomic mass is 10.6. The molecule has 0 aliphatic heterocycles. The van der Waals surface area contributed by atoms with Gasteiger partial charge in [0.05, 0.1) is 0 Å². The summed E-state index contributed by atoms with van der Waals surface area (Å²) >= 11 is 5.37. The normalized spacial score (nSPS) is 11.0. The van der Waals surface area contributed by atoms with Gasteiger partial charge >= 0.3 is 0 Å². The Labute approximate surface area is 79.8 Å². The Morgan fingerprint density at radius 2 is 2.45 bits per heavy atom. The average Bonchev–Trinajstić information content (AvgIpc) is 2.03. The summed E-state index contributed by atoms with van der Waals surface area (Å²) in [6, 6.07) is 1.18. The van der Waals surface area contributed by atoms with E-state index in [0.717, 1.165) is 30.2 Å². The van der Waals surface area contributed by atoms with Gasteiger partial charge in [0.2, 0.25) is 0 Å². The third-order valence-corrected chi connectivity index (χ3v) is 3.31. The minimum absolute atomic E-state index is 0.306. The number of hydrogen-bond acceptors (Lipinski definition) is 4. The van der Waals surface area contributed by atoms with Gasteiger partial charge in [0.25, 0.3) is 0 Å². The van der Waals surface area contributed by atoms with Crippen molar-refractivity contribution in [3.8, 4) is 0 Å². The van der Waals surface area contributed by atoms with Gasteiger partial charge in [-0.1, -0.05) is 11.8 Å². The molecule has 0 N–H and O–H groups in total. The zero-order valence-corrected chi connectivity index (χ0v) is 9.62. The monoisotopic (exact) mass is 210 g/mol. The predicted molar refractivity (Wildman–Crippen MR) is 57.0 cm³/mol. The quantitative estimate of drug-likeness (QED) is 0.277. The van der Waals surface area contributed by atoms with E-state index in [1.807, 2.05) is 0 Å². The van der Waals surface area contributed by atoms with Crippen molar-refractivity contribution in [1.29, 1.82) is 0 Å². The van der Waals surface area contributed by atoms with E-state index in [9.17, 15) is 4.79 Å². The van der Waals surface area contributed by atoms with Crippen LogP contribution in [0.5, 0.6) is 0 Å².